The molecule has 10 heteroatoms. The number of ether oxygens (including phenoxy) is 1. The summed E-state index contributed by atoms with van der Waals surface area (Å²) in [4.78, 5) is 44.7. The fraction of sp³-hybridized carbons (Fsp3) is 0.375. The summed E-state index contributed by atoms with van der Waals surface area (Å²) in [6, 6.07) is 5.23. The van der Waals surface area contributed by atoms with Crippen LogP contribution in [0.4, 0.5) is 10.5 Å². The van der Waals surface area contributed by atoms with Crippen LogP contribution in [0.2, 0.25) is 0 Å². The standard InChI is InChI=1S/C16H23N5O5/c17-8-14(23)21-13(2-1-7-19-16(18)25)15(24)20-12-5-3-11(4-6-12)9-26-10-22/h3-6,10,13H,1-2,7-9,17H2,(H,20,24)(H,21,23)(H3,18,19,25). The third-order valence-electron chi connectivity index (χ3n) is 3.35. The number of hydrogen-bond acceptors (Lipinski definition) is 6. The van der Waals surface area contributed by atoms with E-state index in [0.29, 0.717) is 25.0 Å². The highest BCUT2D eigenvalue weighted by molar-refractivity contribution is 5.97. The molecule has 142 valence electrons. The molecule has 26 heavy (non-hydrogen) atoms. The van der Waals surface area contributed by atoms with Crippen LogP contribution in [0.25, 0.3) is 0 Å². The van der Waals surface area contributed by atoms with E-state index >= 15 is 0 Å². The van der Waals surface area contributed by atoms with Gasteiger partial charge in [-0.1, -0.05) is 12.1 Å². The van der Waals surface area contributed by atoms with E-state index in [1.165, 1.54) is 0 Å². The fourth-order valence-corrected chi connectivity index (χ4v) is 2.08. The highest BCUT2D eigenvalue weighted by Crippen LogP contribution is 2.11. The average Bonchev–Trinajstić information content (AvgIpc) is 2.63. The van der Waals surface area contributed by atoms with Crippen molar-refractivity contribution in [1.29, 1.82) is 0 Å². The smallest absolute Gasteiger partial charge is 0.312 e. The van der Waals surface area contributed by atoms with Gasteiger partial charge in [-0.05, 0) is 30.5 Å². The number of hydrogen-bond donors (Lipinski definition) is 5. The summed E-state index contributed by atoms with van der Waals surface area (Å²) >= 11 is 0. The van der Waals surface area contributed by atoms with Crippen molar-refractivity contribution in [2.24, 2.45) is 11.5 Å². The molecule has 0 saturated heterocycles. The van der Waals surface area contributed by atoms with Gasteiger partial charge in [0.25, 0.3) is 6.47 Å². The van der Waals surface area contributed by atoms with Gasteiger partial charge in [-0.25, -0.2) is 4.79 Å². The zero-order chi connectivity index (χ0) is 19.4. The molecular formula is C16H23N5O5. The molecule has 0 aliphatic rings. The molecule has 0 fully saturated rings. The quantitative estimate of drug-likeness (QED) is 0.254. The second-order valence-electron chi connectivity index (χ2n) is 5.35. The SMILES string of the molecule is NCC(=O)NC(CCCNC(N)=O)C(=O)Nc1ccc(COC=O)cc1. The van der Waals surface area contributed by atoms with Crippen LogP contribution in [0.15, 0.2) is 24.3 Å². The number of carbonyl (C=O) groups excluding carboxylic acids is 4. The number of benzene rings is 1. The van der Waals surface area contributed by atoms with E-state index in [1.807, 2.05) is 0 Å². The molecule has 1 rings (SSSR count). The molecule has 0 spiro atoms. The van der Waals surface area contributed by atoms with Gasteiger partial charge in [0.15, 0.2) is 0 Å². The number of primary amides is 1. The van der Waals surface area contributed by atoms with Crippen LogP contribution >= 0.6 is 0 Å². The van der Waals surface area contributed by atoms with Gasteiger partial charge in [0, 0.05) is 12.2 Å². The number of rotatable bonds is 11. The molecule has 0 radical (unpaired) electrons. The molecule has 4 amide bonds. The minimum Gasteiger partial charge on any atom is -0.463 e. The molecule has 1 aromatic rings. The first kappa shape index (κ1) is 20.9. The Bertz CT molecular complexity index is 620. The lowest BCUT2D eigenvalue weighted by Gasteiger charge is -2.18. The zero-order valence-electron chi connectivity index (χ0n) is 14.2. The summed E-state index contributed by atoms with van der Waals surface area (Å²) in [7, 11) is 0. The summed E-state index contributed by atoms with van der Waals surface area (Å²) in [6.45, 7) is 0.533. The van der Waals surface area contributed by atoms with Crippen LogP contribution in [-0.4, -0.2) is 43.4 Å². The Hall–Kier alpha value is -3.14. The zero-order valence-corrected chi connectivity index (χ0v) is 14.2. The summed E-state index contributed by atoms with van der Waals surface area (Å²) in [5, 5.41) is 7.64. The van der Waals surface area contributed by atoms with Crippen LogP contribution < -0.4 is 27.4 Å². The third kappa shape index (κ3) is 8.11. The van der Waals surface area contributed by atoms with Crippen LogP contribution in [0, 0.1) is 0 Å². The van der Waals surface area contributed by atoms with E-state index < -0.39 is 23.9 Å². The third-order valence-corrected chi connectivity index (χ3v) is 3.35. The lowest BCUT2D eigenvalue weighted by atomic mass is 10.1. The molecular weight excluding hydrogens is 342 g/mol. The van der Waals surface area contributed by atoms with Crippen LogP contribution in [0.5, 0.6) is 0 Å². The van der Waals surface area contributed by atoms with Gasteiger partial charge >= 0.3 is 6.03 Å². The lowest BCUT2D eigenvalue weighted by molar-refractivity contribution is -0.129. The van der Waals surface area contributed by atoms with Crippen LogP contribution in [0.1, 0.15) is 18.4 Å². The number of anilines is 1. The van der Waals surface area contributed by atoms with Gasteiger partial charge in [-0.3, -0.25) is 14.4 Å². The molecule has 0 aliphatic heterocycles. The predicted octanol–water partition coefficient (Wildman–Crippen LogP) is -0.810. The summed E-state index contributed by atoms with van der Waals surface area (Å²) in [5.74, 6) is -0.878. The Labute approximate surface area is 150 Å². The Morgan fingerprint density at radius 3 is 2.46 bits per heavy atom. The van der Waals surface area contributed by atoms with Gasteiger partial charge in [0.05, 0.1) is 6.54 Å². The summed E-state index contributed by atoms with van der Waals surface area (Å²) < 4.78 is 4.64. The van der Waals surface area contributed by atoms with Crippen molar-refractivity contribution in [2.75, 3.05) is 18.4 Å². The summed E-state index contributed by atoms with van der Waals surface area (Å²) in [6.07, 6.45) is 0.733. The van der Waals surface area contributed by atoms with Crippen molar-refractivity contribution >= 4 is 30.0 Å². The monoisotopic (exact) mass is 365 g/mol. The van der Waals surface area contributed by atoms with Crippen molar-refractivity contribution in [1.82, 2.24) is 10.6 Å². The molecule has 0 bridgehead atoms. The lowest BCUT2D eigenvalue weighted by Crippen LogP contribution is -2.46. The number of nitrogens with one attached hydrogen (secondary N) is 3. The maximum atomic E-state index is 12.4. The van der Waals surface area contributed by atoms with Crippen LogP contribution in [-0.2, 0) is 25.7 Å². The van der Waals surface area contributed by atoms with Gasteiger partial charge in [0.1, 0.15) is 12.6 Å². The highest BCUT2D eigenvalue weighted by Gasteiger charge is 2.20. The molecule has 10 nitrogen and oxygen atoms in total. The van der Waals surface area contributed by atoms with Gasteiger partial charge in [0.2, 0.25) is 11.8 Å². The predicted molar refractivity (Wildman–Crippen MR) is 93.7 cm³/mol. The first-order valence-electron chi connectivity index (χ1n) is 7.94. The fourth-order valence-electron chi connectivity index (χ4n) is 2.08. The number of urea groups is 1. The van der Waals surface area contributed by atoms with E-state index in [1.54, 1.807) is 24.3 Å². The van der Waals surface area contributed by atoms with Crippen molar-refractivity contribution in [3.63, 3.8) is 0 Å². The van der Waals surface area contributed by atoms with E-state index in [2.05, 4.69) is 20.7 Å². The Morgan fingerprint density at radius 1 is 1.19 bits per heavy atom. The molecule has 1 unspecified atom stereocenters. The molecule has 1 atom stereocenters. The maximum absolute atomic E-state index is 12.4. The van der Waals surface area contributed by atoms with Gasteiger partial charge in [-0.2, -0.15) is 0 Å². The van der Waals surface area contributed by atoms with E-state index in [-0.39, 0.29) is 19.7 Å². The Balaban J connectivity index is 2.63. The van der Waals surface area contributed by atoms with Crippen LogP contribution in [0.3, 0.4) is 0 Å². The van der Waals surface area contributed by atoms with Crippen molar-refractivity contribution < 1.29 is 23.9 Å². The first-order valence-corrected chi connectivity index (χ1v) is 7.94. The largest absolute Gasteiger partial charge is 0.463 e. The second-order valence-corrected chi connectivity index (χ2v) is 5.35. The normalized spacial score (nSPS) is 11.1. The van der Waals surface area contributed by atoms with Gasteiger partial charge < -0.3 is 32.2 Å². The number of nitrogens with two attached hydrogens (primary N) is 2. The van der Waals surface area contributed by atoms with E-state index in [4.69, 9.17) is 11.5 Å². The first-order chi connectivity index (χ1) is 12.5. The summed E-state index contributed by atoms with van der Waals surface area (Å²) in [5.41, 5.74) is 11.5. The van der Waals surface area contributed by atoms with Crippen molar-refractivity contribution in [2.45, 2.75) is 25.5 Å². The average molecular weight is 365 g/mol. The topological polar surface area (TPSA) is 166 Å². The molecule has 0 aliphatic carbocycles. The molecule has 0 saturated carbocycles. The highest BCUT2D eigenvalue weighted by atomic mass is 16.5. The van der Waals surface area contributed by atoms with E-state index in [0.717, 1.165) is 5.56 Å². The number of carbonyl (C=O) groups is 4. The molecule has 7 N–H and O–H groups in total. The Kier molecular flexibility index (Phi) is 9.18. The molecule has 0 aromatic heterocycles. The van der Waals surface area contributed by atoms with Crippen molar-refractivity contribution in [3.05, 3.63) is 29.8 Å². The van der Waals surface area contributed by atoms with Crippen molar-refractivity contribution in [3.8, 4) is 0 Å². The van der Waals surface area contributed by atoms with E-state index in [9.17, 15) is 19.2 Å². The maximum Gasteiger partial charge on any atom is 0.312 e. The molecule has 1 aromatic carbocycles. The van der Waals surface area contributed by atoms with Gasteiger partial charge in [-0.15, -0.1) is 0 Å². The minimum absolute atomic E-state index is 0.139. The Morgan fingerprint density at radius 2 is 1.88 bits per heavy atom. The second kappa shape index (κ2) is 11.4. The molecule has 0 heterocycles. The minimum atomic E-state index is -0.807. The number of amides is 4.